The fourth-order valence-corrected chi connectivity index (χ4v) is 1.40. The molecule has 0 aromatic rings. The highest BCUT2D eigenvalue weighted by Gasteiger charge is 2.06. The molecule has 0 saturated heterocycles. The molecule has 0 fully saturated rings. The topological polar surface area (TPSA) is 0 Å². The van der Waals surface area contributed by atoms with Crippen LogP contribution in [0.5, 0.6) is 0 Å². The van der Waals surface area contributed by atoms with Crippen LogP contribution in [-0.4, -0.2) is 0 Å². The lowest BCUT2D eigenvalue weighted by atomic mass is 9.92. The molecule has 0 bridgehead atoms. The van der Waals surface area contributed by atoms with E-state index < -0.39 is 0 Å². The summed E-state index contributed by atoms with van der Waals surface area (Å²) >= 11 is 0. The van der Waals surface area contributed by atoms with Gasteiger partial charge in [0.25, 0.3) is 0 Å². The summed E-state index contributed by atoms with van der Waals surface area (Å²) in [7, 11) is 0. The lowest BCUT2D eigenvalue weighted by molar-refractivity contribution is 0.765. The quantitative estimate of drug-likeness (QED) is 0.551. The summed E-state index contributed by atoms with van der Waals surface area (Å²) in [4.78, 5) is 0. The van der Waals surface area contributed by atoms with Gasteiger partial charge in [-0.25, -0.2) is 0 Å². The molecular formula is C12H21. The first-order valence-electron chi connectivity index (χ1n) is 4.75. The van der Waals surface area contributed by atoms with Crippen molar-refractivity contribution in [1.29, 1.82) is 0 Å². The van der Waals surface area contributed by atoms with Gasteiger partial charge in [0.1, 0.15) is 0 Å². The van der Waals surface area contributed by atoms with E-state index in [1.807, 2.05) is 6.92 Å². The number of hydrogen-bond donors (Lipinski definition) is 0. The van der Waals surface area contributed by atoms with Crippen molar-refractivity contribution in [1.82, 2.24) is 0 Å². The van der Waals surface area contributed by atoms with Gasteiger partial charge in [-0.3, -0.25) is 0 Å². The van der Waals surface area contributed by atoms with E-state index in [-0.39, 0.29) is 0 Å². The summed E-state index contributed by atoms with van der Waals surface area (Å²) in [6, 6.07) is 0. The van der Waals surface area contributed by atoms with Crippen LogP contribution in [0.1, 0.15) is 48.0 Å². The van der Waals surface area contributed by atoms with Crippen LogP contribution in [-0.2, 0) is 0 Å². The number of rotatable bonds is 3. The maximum Gasteiger partial charge on any atom is -0.0213 e. The predicted molar refractivity (Wildman–Crippen MR) is 55.9 cm³/mol. The number of allylic oxidation sites excluding steroid dienone is 4. The van der Waals surface area contributed by atoms with Gasteiger partial charge in [0.2, 0.25) is 0 Å². The van der Waals surface area contributed by atoms with Crippen molar-refractivity contribution in [2.75, 3.05) is 0 Å². The van der Waals surface area contributed by atoms with Crippen LogP contribution in [0.4, 0.5) is 0 Å². The molecular weight excluding hydrogens is 144 g/mol. The molecule has 0 spiro atoms. The number of hydrogen-bond acceptors (Lipinski definition) is 0. The van der Waals surface area contributed by atoms with Crippen LogP contribution in [0.3, 0.4) is 0 Å². The molecule has 0 heteroatoms. The standard InChI is InChI=1S/C12H21/c1-7-10(5)11(6)12(8-2)9(3)4/h9H,7H2,1-6H3. The van der Waals surface area contributed by atoms with Gasteiger partial charge in [0.15, 0.2) is 0 Å². The monoisotopic (exact) mass is 165 g/mol. The molecule has 0 atom stereocenters. The van der Waals surface area contributed by atoms with Crippen LogP contribution in [0.15, 0.2) is 16.7 Å². The fraction of sp³-hybridized carbons (Fsp3) is 0.667. The molecule has 0 aliphatic carbocycles. The van der Waals surface area contributed by atoms with Crippen molar-refractivity contribution < 1.29 is 0 Å². The molecule has 0 N–H and O–H groups in total. The molecule has 0 aromatic heterocycles. The maximum absolute atomic E-state index is 3.28. The Morgan fingerprint density at radius 1 is 1.25 bits per heavy atom. The molecule has 0 saturated carbocycles. The van der Waals surface area contributed by atoms with Crippen molar-refractivity contribution >= 4 is 0 Å². The first-order chi connectivity index (χ1) is 5.54. The van der Waals surface area contributed by atoms with Gasteiger partial charge < -0.3 is 0 Å². The minimum atomic E-state index is 0.594. The van der Waals surface area contributed by atoms with E-state index in [1.165, 1.54) is 16.7 Å². The SMILES string of the molecule is C/[C]=C(/C(C)=C(C)CC)C(C)C. The summed E-state index contributed by atoms with van der Waals surface area (Å²) < 4.78 is 0. The highest BCUT2D eigenvalue weighted by molar-refractivity contribution is 5.32. The zero-order valence-corrected chi connectivity index (χ0v) is 9.28. The second-order valence-corrected chi connectivity index (χ2v) is 3.58. The zero-order chi connectivity index (χ0) is 9.72. The van der Waals surface area contributed by atoms with Gasteiger partial charge in [-0.15, -0.1) is 0 Å². The third-order valence-electron chi connectivity index (χ3n) is 2.42. The second kappa shape index (κ2) is 5.18. The molecule has 69 valence electrons. The minimum Gasteiger partial charge on any atom is -0.0704 e. The van der Waals surface area contributed by atoms with Crippen LogP contribution < -0.4 is 0 Å². The van der Waals surface area contributed by atoms with E-state index in [0.29, 0.717) is 5.92 Å². The van der Waals surface area contributed by atoms with Gasteiger partial charge in [-0.2, -0.15) is 0 Å². The Morgan fingerprint density at radius 3 is 2.00 bits per heavy atom. The summed E-state index contributed by atoms with van der Waals surface area (Å²) in [5.41, 5.74) is 4.28. The van der Waals surface area contributed by atoms with Crippen LogP contribution >= 0.6 is 0 Å². The Bertz CT molecular complexity index is 192. The van der Waals surface area contributed by atoms with Crippen molar-refractivity contribution in [2.45, 2.75) is 48.0 Å². The van der Waals surface area contributed by atoms with E-state index >= 15 is 0 Å². The lowest BCUT2D eigenvalue weighted by Crippen LogP contribution is -1.97. The lowest BCUT2D eigenvalue weighted by Gasteiger charge is -2.13. The Kier molecular flexibility index (Phi) is 4.96. The highest BCUT2D eigenvalue weighted by Crippen LogP contribution is 2.22. The van der Waals surface area contributed by atoms with Crippen molar-refractivity contribution in [3.05, 3.63) is 22.8 Å². The van der Waals surface area contributed by atoms with E-state index in [0.717, 1.165) is 6.42 Å². The van der Waals surface area contributed by atoms with E-state index in [4.69, 9.17) is 0 Å². The summed E-state index contributed by atoms with van der Waals surface area (Å²) in [6.07, 6.45) is 4.42. The molecule has 0 unspecified atom stereocenters. The van der Waals surface area contributed by atoms with Crippen LogP contribution in [0.25, 0.3) is 0 Å². The average Bonchev–Trinajstić information content (AvgIpc) is 2.03. The van der Waals surface area contributed by atoms with Crippen molar-refractivity contribution in [3.63, 3.8) is 0 Å². The second-order valence-electron chi connectivity index (χ2n) is 3.58. The first-order valence-corrected chi connectivity index (χ1v) is 4.75. The normalized spacial score (nSPS) is 15.1. The first kappa shape index (κ1) is 11.5. The fourth-order valence-electron chi connectivity index (χ4n) is 1.40. The van der Waals surface area contributed by atoms with Crippen LogP contribution in [0, 0.1) is 12.0 Å². The average molecular weight is 165 g/mol. The molecule has 1 radical (unpaired) electrons. The molecule has 0 aliphatic heterocycles. The molecule has 0 nitrogen and oxygen atoms in total. The predicted octanol–water partition coefficient (Wildman–Crippen LogP) is 4.14. The molecule has 0 aromatic carbocycles. The summed E-state index contributed by atoms with van der Waals surface area (Å²) in [5.74, 6) is 0.594. The van der Waals surface area contributed by atoms with E-state index in [2.05, 4.69) is 40.7 Å². The Labute approximate surface area is 77.4 Å². The Hall–Kier alpha value is -0.520. The van der Waals surface area contributed by atoms with E-state index in [1.54, 1.807) is 0 Å². The Morgan fingerprint density at radius 2 is 1.75 bits per heavy atom. The van der Waals surface area contributed by atoms with Crippen LogP contribution in [0.2, 0.25) is 0 Å². The summed E-state index contributed by atoms with van der Waals surface area (Å²) in [5, 5.41) is 0. The Balaban J connectivity index is 4.77. The zero-order valence-electron chi connectivity index (χ0n) is 9.28. The van der Waals surface area contributed by atoms with Crippen molar-refractivity contribution in [3.8, 4) is 0 Å². The smallest absolute Gasteiger partial charge is 0.0213 e. The largest absolute Gasteiger partial charge is 0.0704 e. The molecule has 0 amide bonds. The van der Waals surface area contributed by atoms with Gasteiger partial charge in [0.05, 0.1) is 0 Å². The van der Waals surface area contributed by atoms with Gasteiger partial charge in [-0.1, -0.05) is 26.3 Å². The molecule has 0 heterocycles. The van der Waals surface area contributed by atoms with Gasteiger partial charge in [-0.05, 0) is 50.3 Å². The van der Waals surface area contributed by atoms with E-state index in [9.17, 15) is 0 Å². The minimum absolute atomic E-state index is 0.594. The third kappa shape index (κ3) is 2.84. The molecule has 0 rings (SSSR count). The molecule has 12 heavy (non-hydrogen) atoms. The molecule has 0 aliphatic rings. The van der Waals surface area contributed by atoms with Crippen molar-refractivity contribution in [2.24, 2.45) is 5.92 Å². The van der Waals surface area contributed by atoms with Gasteiger partial charge >= 0.3 is 0 Å². The highest BCUT2D eigenvalue weighted by atomic mass is 14.1. The maximum atomic E-state index is 3.28. The van der Waals surface area contributed by atoms with Gasteiger partial charge in [0, 0.05) is 0 Å². The third-order valence-corrected chi connectivity index (χ3v) is 2.42. The summed E-state index contributed by atoms with van der Waals surface area (Å²) in [6.45, 7) is 13.0.